The largest absolute Gasteiger partial charge is 0.295 e. The Morgan fingerprint density at radius 3 is 2.75 bits per heavy atom. The number of allylic oxidation sites excluding steroid dienone is 1. The molecule has 0 fully saturated rings. The van der Waals surface area contributed by atoms with E-state index in [0.717, 1.165) is 22.2 Å². The van der Waals surface area contributed by atoms with Gasteiger partial charge in [-0.25, -0.2) is 4.98 Å². The topological polar surface area (TPSA) is 95.1 Å². The first-order valence-corrected chi connectivity index (χ1v) is 9.96. The molecule has 0 bridgehead atoms. The molecule has 0 N–H and O–H groups in total. The van der Waals surface area contributed by atoms with E-state index in [1.165, 1.54) is 41.0 Å². The van der Waals surface area contributed by atoms with Gasteiger partial charge in [0.2, 0.25) is 0 Å². The van der Waals surface area contributed by atoms with Crippen LogP contribution in [-0.4, -0.2) is 20.3 Å². The molecule has 0 radical (unpaired) electrons. The lowest BCUT2D eigenvalue weighted by molar-refractivity contribution is -0.387. The molecule has 2 aromatic heterocycles. The molecule has 0 saturated heterocycles. The average molecular weight is 415 g/mol. The highest BCUT2D eigenvalue weighted by Crippen LogP contribution is 2.36. The maximum Gasteiger partial charge on any atom is 0.284 e. The zero-order valence-corrected chi connectivity index (χ0v) is 17.1. The number of nitrogens with zero attached hydrogens (tertiary/aromatic N) is 3. The number of hydrogen-bond donors (Lipinski definition) is 0. The Bertz CT molecular complexity index is 1190. The van der Waals surface area contributed by atoms with Crippen molar-refractivity contribution in [3.05, 3.63) is 67.3 Å². The van der Waals surface area contributed by atoms with Gasteiger partial charge in [-0.1, -0.05) is 6.08 Å². The van der Waals surface area contributed by atoms with Crippen LogP contribution in [0.15, 0.2) is 45.7 Å². The number of carbonyl (C=O) groups is 1. The van der Waals surface area contributed by atoms with Crippen molar-refractivity contribution in [1.82, 2.24) is 9.55 Å². The summed E-state index contributed by atoms with van der Waals surface area (Å²) in [5.41, 5.74) is 0.754. The van der Waals surface area contributed by atoms with Crippen molar-refractivity contribution in [2.45, 2.75) is 37.4 Å². The number of aryl methyl sites for hydroxylation is 2. The zero-order valence-electron chi connectivity index (χ0n) is 15.5. The molecular formula is C19H17N3O4S2. The second kappa shape index (κ2) is 7.69. The Morgan fingerprint density at radius 1 is 1.43 bits per heavy atom. The molecule has 28 heavy (non-hydrogen) atoms. The third-order valence-corrected chi connectivity index (χ3v) is 6.49. The number of Topliss-reactive ketones (excluding diaryl/α,β-unsaturated/α-hetero) is 1. The van der Waals surface area contributed by atoms with E-state index in [0.29, 0.717) is 20.3 Å². The number of fused-ring (bicyclic) bond motifs is 1. The minimum absolute atomic E-state index is 0.197. The Balaban J connectivity index is 2.21. The molecule has 1 aromatic carbocycles. The minimum atomic E-state index is -0.539. The van der Waals surface area contributed by atoms with Gasteiger partial charge in [0, 0.05) is 23.1 Å². The van der Waals surface area contributed by atoms with E-state index in [1.54, 1.807) is 6.08 Å². The monoisotopic (exact) mass is 415 g/mol. The Labute approximate surface area is 168 Å². The smallest absolute Gasteiger partial charge is 0.284 e. The van der Waals surface area contributed by atoms with Gasteiger partial charge in [0.25, 0.3) is 11.2 Å². The van der Waals surface area contributed by atoms with Crippen LogP contribution in [0.3, 0.4) is 0 Å². The summed E-state index contributed by atoms with van der Waals surface area (Å²) in [6.07, 6.45) is 1.58. The summed E-state index contributed by atoms with van der Waals surface area (Å²) in [4.78, 5) is 42.0. The molecule has 0 aliphatic rings. The second-order valence-electron chi connectivity index (χ2n) is 6.16. The fourth-order valence-corrected chi connectivity index (χ4v) is 4.79. The summed E-state index contributed by atoms with van der Waals surface area (Å²) >= 11 is 2.45. The van der Waals surface area contributed by atoms with Crippen molar-refractivity contribution in [3.8, 4) is 0 Å². The quantitative estimate of drug-likeness (QED) is 0.193. The molecule has 0 saturated carbocycles. The lowest BCUT2D eigenvalue weighted by Crippen LogP contribution is -2.22. The van der Waals surface area contributed by atoms with E-state index in [1.807, 2.05) is 13.8 Å². The number of rotatable bonds is 6. The summed E-state index contributed by atoms with van der Waals surface area (Å²) in [5.74, 6) is -0.257. The fourth-order valence-electron chi connectivity index (χ4n) is 2.74. The van der Waals surface area contributed by atoms with Crippen molar-refractivity contribution in [1.29, 1.82) is 0 Å². The summed E-state index contributed by atoms with van der Waals surface area (Å²) in [5, 5.41) is 12.4. The van der Waals surface area contributed by atoms with Gasteiger partial charge in [-0.3, -0.25) is 24.3 Å². The van der Waals surface area contributed by atoms with Crippen LogP contribution >= 0.6 is 23.1 Å². The third-order valence-electron chi connectivity index (χ3n) is 4.33. The minimum Gasteiger partial charge on any atom is -0.295 e. The van der Waals surface area contributed by atoms with Gasteiger partial charge in [-0.15, -0.1) is 17.9 Å². The predicted molar refractivity (Wildman–Crippen MR) is 111 cm³/mol. The first kappa shape index (κ1) is 20.0. The molecule has 9 heteroatoms. The van der Waals surface area contributed by atoms with E-state index in [-0.39, 0.29) is 29.1 Å². The summed E-state index contributed by atoms with van der Waals surface area (Å²) < 4.78 is 1.46. The summed E-state index contributed by atoms with van der Waals surface area (Å²) in [6.45, 7) is 9.09. The molecule has 7 nitrogen and oxygen atoms in total. The van der Waals surface area contributed by atoms with Gasteiger partial charge in [-0.05, 0) is 50.2 Å². The first-order valence-electron chi connectivity index (χ1n) is 8.33. The van der Waals surface area contributed by atoms with Gasteiger partial charge in [0.1, 0.15) is 4.83 Å². The van der Waals surface area contributed by atoms with Crippen LogP contribution < -0.4 is 5.56 Å². The second-order valence-corrected chi connectivity index (χ2v) is 8.37. The number of nitro benzene ring substituents is 1. The number of aromatic nitrogens is 2. The molecule has 3 aromatic rings. The maximum absolute atomic E-state index is 13.0. The molecule has 0 spiro atoms. The molecule has 2 heterocycles. The highest BCUT2D eigenvalue weighted by atomic mass is 32.2. The Hall–Kier alpha value is -2.78. The van der Waals surface area contributed by atoms with Crippen LogP contribution in [0.25, 0.3) is 10.2 Å². The predicted octanol–water partition coefficient (Wildman–Crippen LogP) is 4.52. The van der Waals surface area contributed by atoms with Crippen LogP contribution in [-0.2, 0) is 6.54 Å². The van der Waals surface area contributed by atoms with E-state index >= 15 is 0 Å². The van der Waals surface area contributed by atoms with Crippen LogP contribution in [0, 0.1) is 24.0 Å². The Morgan fingerprint density at radius 2 is 2.14 bits per heavy atom. The average Bonchev–Trinajstić information content (AvgIpc) is 2.92. The van der Waals surface area contributed by atoms with E-state index in [2.05, 4.69) is 11.6 Å². The molecule has 144 valence electrons. The number of ketones is 1. The van der Waals surface area contributed by atoms with Crippen molar-refractivity contribution in [2.75, 3.05) is 0 Å². The van der Waals surface area contributed by atoms with Crippen molar-refractivity contribution >= 4 is 44.8 Å². The van der Waals surface area contributed by atoms with E-state index in [4.69, 9.17) is 0 Å². The standard InChI is InChI=1S/C19H17N3O4S2/c1-5-8-21-18(24)16-10(2)12(4)27-17(16)20-19(21)28-15-7-6-13(11(3)23)9-14(15)22(25)26/h5-7,9H,1,8H2,2-4H3. The molecular weight excluding hydrogens is 398 g/mol. The molecule has 0 atom stereocenters. The van der Waals surface area contributed by atoms with Crippen molar-refractivity contribution < 1.29 is 9.72 Å². The normalized spacial score (nSPS) is 11.0. The van der Waals surface area contributed by atoms with Gasteiger partial charge in [-0.2, -0.15) is 0 Å². The molecule has 0 aliphatic heterocycles. The number of thiophene rings is 1. The lowest BCUT2D eigenvalue weighted by atomic mass is 10.1. The molecule has 0 aliphatic carbocycles. The molecule has 3 rings (SSSR count). The summed E-state index contributed by atoms with van der Waals surface area (Å²) in [7, 11) is 0. The zero-order chi connectivity index (χ0) is 20.6. The van der Waals surface area contributed by atoms with Crippen molar-refractivity contribution in [2.24, 2.45) is 0 Å². The number of hydrogen-bond acceptors (Lipinski definition) is 7. The van der Waals surface area contributed by atoms with E-state index in [9.17, 15) is 19.7 Å². The highest BCUT2D eigenvalue weighted by molar-refractivity contribution is 7.99. The third kappa shape index (κ3) is 3.50. The maximum atomic E-state index is 13.0. The molecule has 0 amide bonds. The Kier molecular flexibility index (Phi) is 5.48. The SMILES string of the molecule is C=CCn1c(Sc2ccc(C(C)=O)cc2[N+](=O)[O-])nc2sc(C)c(C)c2c1=O. The highest BCUT2D eigenvalue weighted by Gasteiger charge is 2.21. The fraction of sp³-hybridized carbons (Fsp3) is 0.211. The molecule has 0 unspecified atom stereocenters. The number of nitro groups is 1. The van der Waals surface area contributed by atoms with Gasteiger partial charge >= 0.3 is 0 Å². The van der Waals surface area contributed by atoms with Gasteiger partial charge < -0.3 is 0 Å². The van der Waals surface area contributed by atoms with Gasteiger partial charge in [0.15, 0.2) is 10.9 Å². The first-order chi connectivity index (χ1) is 13.2. The van der Waals surface area contributed by atoms with Gasteiger partial charge in [0.05, 0.1) is 15.2 Å². The van der Waals surface area contributed by atoms with Crippen LogP contribution in [0.2, 0.25) is 0 Å². The van der Waals surface area contributed by atoms with Crippen LogP contribution in [0.4, 0.5) is 5.69 Å². The number of benzene rings is 1. The van der Waals surface area contributed by atoms with Crippen LogP contribution in [0.1, 0.15) is 27.7 Å². The van der Waals surface area contributed by atoms with Crippen LogP contribution in [0.5, 0.6) is 0 Å². The number of carbonyl (C=O) groups excluding carboxylic acids is 1. The van der Waals surface area contributed by atoms with Crippen molar-refractivity contribution in [3.63, 3.8) is 0 Å². The summed E-state index contributed by atoms with van der Waals surface area (Å²) in [6, 6.07) is 4.29. The van der Waals surface area contributed by atoms with E-state index < -0.39 is 4.92 Å². The lowest BCUT2D eigenvalue weighted by Gasteiger charge is -2.11.